The van der Waals surface area contributed by atoms with E-state index in [1.807, 2.05) is 36.4 Å². The van der Waals surface area contributed by atoms with Crippen LogP contribution in [-0.4, -0.2) is 47.8 Å². The monoisotopic (exact) mass is 346 g/mol. The zero-order valence-corrected chi connectivity index (χ0v) is 14.9. The Bertz CT molecular complexity index is 705. The molecule has 0 aliphatic carbocycles. The van der Waals surface area contributed by atoms with Gasteiger partial charge in [-0.2, -0.15) is 0 Å². The first kappa shape index (κ1) is 18.4. The zero-order chi connectivity index (χ0) is 16.4. The van der Waals surface area contributed by atoms with Gasteiger partial charge in [0.05, 0.1) is 0 Å². The summed E-state index contributed by atoms with van der Waals surface area (Å²) < 4.78 is 0. The number of carbonyl (C=O) groups excluding carboxylic acids is 2. The second-order valence-corrected chi connectivity index (χ2v) is 5.85. The minimum atomic E-state index is -0.168. The molecule has 2 aromatic rings. The minimum absolute atomic E-state index is 0. The molecule has 0 radical (unpaired) electrons. The number of nitrogens with zero attached hydrogens (tertiary/aromatic N) is 2. The summed E-state index contributed by atoms with van der Waals surface area (Å²) in [5, 5.41) is 1.74. The van der Waals surface area contributed by atoms with E-state index in [9.17, 15) is 9.59 Å². The molecule has 0 N–H and O–H groups in total. The molecule has 0 saturated heterocycles. The molecule has 0 fully saturated rings. The normalized spacial score (nSPS) is 13.5. The van der Waals surface area contributed by atoms with E-state index in [1.54, 1.807) is 0 Å². The van der Waals surface area contributed by atoms with Gasteiger partial charge in [0.25, 0.3) is 11.8 Å². The van der Waals surface area contributed by atoms with Gasteiger partial charge in [-0.1, -0.05) is 38.1 Å². The highest BCUT2D eigenvalue weighted by Crippen LogP contribution is 2.29. The molecule has 0 aromatic heterocycles. The highest BCUT2D eigenvalue weighted by molar-refractivity contribution is 6.25. The standard InChI is InChI=1S/C19H22N2O2.ClH/c1-3-20(4-2)12-7-13-21-18(22)15-10-5-8-14-9-6-11-16(17(14)15)19(21)23;/h5-6,8-11H,3-4,7,12-13H2,1-2H3;1H. The van der Waals surface area contributed by atoms with Crippen molar-refractivity contribution in [2.45, 2.75) is 20.3 Å². The molecule has 1 aliphatic heterocycles. The van der Waals surface area contributed by atoms with Gasteiger partial charge in [-0.3, -0.25) is 14.5 Å². The molecule has 3 rings (SSSR count). The molecule has 1 heterocycles. The van der Waals surface area contributed by atoms with Crippen molar-refractivity contribution in [1.29, 1.82) is 0 Å². The molecule has 24 heavy (non-hydrogen) atoms. The summed E-state index contributed by atoms with van der Waals surface area (Å²) in [6.45, 7) is 7.59. The first-order chi connectivity index (χ1) is 11.2. The molecule has 5 heteroatoms. The van der Waals surface area contributed by atoms with Crippen LogP contribution in [0, 0.1) is 0 Å². The van der Waals surface area contributed by atoms with Gasteiger partial charge in [-0.15, -0.1) is 12.4 Å². The van der Waals surface area contributed by atoms with E-state index in [-0.39, 0.29) is 24.2 Å². The van der Waals surface area contributed by atoms with E-state index in [1.165, 1.54) is 4.90 Å². The predicted octanol–water partition coefficient (Wildman–Crippen LogP) is 3.59. The average molecular weight is 347 g/mol. The van der Waals surface area contributed by atoms with Crippen LogP contribution in [0.3, 0.4) is 0 Å². The Hall–Kier alpha value is -1.91. The van der Waals surface area contributed by atoms with E-state index in [4.69, 9.17) is 0 Å². The number of carbonyl (C=O) groups is 2. The number of amides is 2. The fraction of sp³-hybridized carbons (Fsp3) is 0.368. The maximum absolute atomic E-state index is 12.7. The molecule has 0 spiro atoms. The van der Waals surface area contributed by atoms with Gasteiger partial charge in [-0.05, 0) is 43.6 Å². The number of rotatable bonds is 6. The van der Waals surface area contributed by atoms with Crippen LogP contribution in [0.25, 0.3) is 10.8 Å². The van der Waals surface area contributed by atoms with Crippen molar-refractivity contribution >= 4 is 35.0 Å². The summed E-state index contributed by atoms with van der Waals surface area (Å²) in [5.74, 6) is -0.335. The summed E-state index contributed by atoms with van der Waals surface area (Å²) in [4.78, 5) is 29.1. The lowest BCUT2D eigenvalue weighted by atomic mass is 9.94. The fourth-order valence-electron chi connectivity index (χ4n) is 3.28. The number of halogens is 1. The highest BCUT2D eigenvalue weighted by atomic mass is 35.5. The van der Waals surface area contributed by atoms with Crippen LogP contribution < -0.4 is 0 Å². The van der Waals surface area contributed by atoms with E-state index < -0.39 is 0 Å². The predicted molar refractivity (Wildman–Crippen MR) is 99.0 cm³/mol. The highest BCUT2D eigenvalue weighted by Gasteiger charge is 2.32. The van der Waals surface area contributed by atoms with E-state index in [0.29, 0.717) is 17.7 Å². The van der Waals surface area contributed by atoms with Crippen LogP contribution in [-0.2, 0) is 0 Å². The summed E-state index contributed by atoms with van der Waals surface area (Å²) in [6.07, 6.45) is 0.803. The topological polar surface area (TPSA) is 40.6 Å². The molecule has 0 saturated carbocycles. The van der Waals surface area contributed by atoms with Crippen LogP contribution in [0.2, 0.25) is 0 Å². The van der Waals surface area contributed by atoms with Crippen LogP contribution in [0.1, 0.15) is 41.0 Å². The molecule has 1 aliphatic rings. The molecule has 128 valence electrons. The van der Waals surface area contributed by atoms with Crippen molar-refractivity contribution in [1.82, 2.24) is 9.80 Å². The van der Waals surface area contributed by atoms with Crippen molar-refractivity contribution in [2.75, 3.05) is 26.2 Å². The quantitative estimate of drug-likeness (QED) is 0.750. The van der Waals surface area contributed by atoms with Crippen molar-refractivity contribution in [2.24, 2.45) is 0 Å². The summed E-state index contributed by atoms with van der Waals surface area (Å²) in [5.41, 5.74) is 1.28. The van der Waals surface area contributed by atoms with Crippen LogP contribution in [0.15, 0.2) is 36.4 Å². The Labute approximate surface area is 148 Å². The Morgan fingerprint density at radius 1 is 0.917 bits per heavy atom. The summed E-state index contributed by atoms with van der Waals surface area (Å²) in [7, 11) is 0. The van der Waals surface area contributed by atoms with Crippen LogP contribution in [0.5, 0.6) is 0 Å². The minimum Gasteiger partial charge on any atom is -0.304 e. The summed E-state index contributed by atoms with van der Waals surface area (Å²) in [6, 6.07) is 11.3. The van der Waals surface area contributed by atoms with Crippen LogP contribution >= 0.6 is 12.4 Å². The second kappa shape index (κ2) is 7.77. The van der Waals surface area contributed by atoms with Crippen molar-refractivity contribution in [3.63, 3.8) is 0 Å². The number of imide groups is 1. The average Bonchev–Trinajstić information content (AvgIpc) is 2.59. The lowest BCUT2D eigenvalue weighted by Crippen LogP contribution is -2.41. The lowest BCUT2D eigenvalue weighted by molar-refractivity contribution is 0.0604. The molecular formula is C19H23ClN2O2. The maximum atomic E-state index is 12.7. The third-order valence-electron chi connectivity index (χ3n) is 4.61. The molecule has 0 bridgehead atoms. The third kappa shape index (κ3) is 3.17. The van der Waals surface area contributed by atoms with Crippen LogP contribution in [0.4, 0.5) is 0 Å². The van der Waals surface area contributed by atoms with E-state index >= 15 is 0 Å². The van der Waals surface area contributed by atoms with Gasteiger partial charge < -0.3 is 4.90 Å². The van der Waals surface area contributed by atoms with Gasteiger partial charge in [0, 0.05) is 23.1 Å². The molecule has 2 amide bonds. The second-order valence-electron chi connectivity index (χ2n) is 5.85. The van der Waals surface area contributed by atoms with Gasteiger partial charge in [0.15, 0.2) is 0 Å². The maximum Gasteiger partial charge on any atom is 0.261 e. The number of hydrogen-bond donors (Lipinski definition) is 0. The fourth-order valence-corrected chi connectivity index (χ4v) is 3.28. The molecule has 0 atom stereocenters. The molecule has 2 aromatic carbocycles. The Kier molecular flexibility index (Phi) is 5.97. The SMILES string of the molecule is CCN(CC)CCCN1C(=O)c2cccc3cccc(c23)C1=O.Cl. The van der Waals surface area contributed by atoms with Crippen molar-refractivity contribution in [3.05, 3.63) is 47.5 Å². The van der Waals surface area contributed by atoms with Gasteiger partial charge in [0.1, 0.15) is 0 Å². The Morgan fingerprint density at radius 2 is 1.46 bits per heavy atom. The number of benzene rings is 2. The van der Waals surface area contributed by atoms with Crippen molar-refractivity contribution < 1.29 is 9.59 Å². The summed E-state index contributed by atoms with van der Waals surface area (Å²) >= 11 is 0. The molecular weight excluding hydrogens is 324 g/mol. The Morgan fingerprint density at radius 3 is 1.96 bits per heavy atom. The largest absolute Gasteiger partial charge is 0.304 e. The lowest BCUT2D eigenvalue weighted by Gasteiger charge is -2.28. The van der Waals surface area contributed by atoms with Gasteiger partial charge in [0.2, 0.25) is 0 Å². The van der Waals surface area contributed by atoms with Gasteiger partial charge >= 0.3 is 0 Å². The molecule has 4 nitrogen and oxygen atoms in total. The van der Waals surface area contributed by atoms with Crippen molar-refractivity contribution in [3.8, 4) is 0 Å². The first-order valence-electron chi connectivity index (χ1n) is 8.27. The van der Waals surface area contributed by atoms with Gasteiger partial charge in [-0.25, -0.2) is 0 Å². The number of hydrogen-bond acceptors (Lipinski definition) is 3. The Balaban J connectivity index is 0.00000208. The zero-order valence-electron chi connectivity index (χ0n) is 14.1. The van der Waals surface area contributed by atoms with E-state index in [0.717, 1.165) is 36.8 Å². The molecule has 0 unspecified atom stereocenters. The smallest absolute Gasteiger partial charge is 0.261 e. The first-order valence-corrected chi connectivity index (χ1v) is 8.27. The van der Waals surface area contributed by atoms with E-state index in [2.05, 4.69) is 18.7 Å². The third-order valence-corrected chi connectivity index (χ3v) is 4.61.